The maximum atomic E-state index is 12.4. The van der Waals surface area contributed by atoms with Gasteiger partial charge in [0.05, 0.1) is 0 Å². The molecular formula is C14H13F3N2O2. The van der Waals surface area contributed by atoms with Crippen LogP contribution in [0.2, 0.25) is 0 Å². The molecule has 0 radical (unpaired) electrons. The summed E-state index contributed by atoms with van der Waals surface area (Å²) >= 11 is 0. The van der Waals surface area contributed by atoms with Crippen LogP contribution in [0.4, 0.5) is 24.5 Å². The number of halogens is 3. The zero-order chi connectivity index (χ0) is 15.2. The van der Waals surface area contributed by atoms with E-state index in [-0.39, 0.29) is 17.5 Å². The quantitative estimate of drug-likeness (QED) is 0.580. The number of hydrogen-bond donors (Lipinski definition) is 3. The van der Waals surface area contributed by atoms with Gasteiger partial charge in [0.2, 0.25) is 0 Å². The van der Waals surface area contributed by atoms with Crippen LogP contribution < -0.4 is 10.6 Å². The van der Waals surface area contributed by atoms with Crippen molar-refractivity contribution in [2.75, 3.05) is 10.6 Å². The molecule has 0 fully saturated rings. The van der Waals surface area contributed by atoms with Gasteiger partial charge in [-0.1, -0.05) is 12.2 Å². The Hall–Kier alpha value is -2.18. The van der Waals surface area contributed by atoms with Gasteiger partial charge in [-0.05, 0) is 30.2 Å². The van der Waals surface area contributed by atoms with Gasteiger partial charge in [-0.15, -0.1) is 0 Å². The number of rotatable bonds is 2. The number of allylic oxidation sites excluding steroid dienone is 2. The van der Waals surface area contributed by atoms with Gasteiger partial charge in [-0.3, -0.25) is 5.32 Å². The molecule has 4 nitrogen and oxygen atoms in total. The molecule has 0 saturated heterocycles. The fourth-order valence-corrected chi connectivity index (χ4v) is 3.08. The third-order valence-electron chi connectivity index (χ3n) is 3.91. The highest BCUT2D eigenvalue weighted by Gasteiger charge is 2.41. The van der Waals surface area contributed by atoms with Crippen molar-refractivity contribution in [1.82, 2.24) is 0 Å². The second-order valence-electron chi connectivity index (χ2n) is 5.24. The Morgan fingerprint density at radius 1 is 1.38 bits per heavy atom. The van der Waals surface area contributed by atoms with Crippen LogP contribution in [0.1, 0.15) is 17.9 Å². The van der Waals surface area contributed by atoms with Crippen molar-refractivity contribution in [3.05, 3.63) is 35.9 Å². The molecule has 1 aliphatic heterocycles. The van der Waals surface area contributed by atoms with Crippen LogP contribution >= 0.6 is 0 Å². The van der Waals surface area contributed by atoms with E-state index in [1.54, 1.807) is 0 Å². The van der Waals surface area contributed by atoms with Gasteiger partial charge in [0, 0.05) is 23.2 Å². The second kappa shape index (κ2) is 4.68. The van der Waals surface area contributed by atoms with Crippen LogP contribution in [0, 0.1) is 5.92 Å². The Balaban J connectivity index is 1.97. The molecule has 2 aliphatic rings. The molecule has 21 heavy (non-hydrogen) atoms. The molecule has 3 N–H and O–H groups in total. The van der Waals surface area contributed by atoms with Crippen molar-refractivity contribution >= 4 is 17.3 Å². The zero-order valence-corrected chi connectivity index (χ0v) is 10.8. The number of carbonyl (C=O) groups is 1. The maximum Gasteiger partial charge on any atom is 0.482 e. The van der Waals surface area contributed by atoms with Crippen molar-refractivity contribution in [3.63, 3.8) is 0 Å². The van der Waals surface area contributed by atoms with Crippen LogP contribution in [0.5, 0.6) is 0 Å². The molecule has 0 saturated carbocycles. The van der Waals surface area contributed by atoms with Gasteiger partial charge in [0.25, 0.3) is 0 Å². The molecule has 1 aliphatic carbocycles. The molecular weight excluding hydrogens is 285 g/mol. The van der Waals surface area contributed by atoms with Crippen molar-refractivity contribution in [1.29, 1.82) is 0 Å². The lowest BCUT2D eigenvalue weighted by atomic mass is 9.79. The van der Waals surface area contributed by atoms with Crippen LogP contribution in [-0.4, -0.2) is 23.4 Å². The van der Waals surface area contributed by atoms with E-state index in [9.17, 15) is 23.1 Å². The zero-order valence-electron chi connectivity index (χ0n) is 10.8. The van der Waals surface area contributed by atoms with Gasteiger partial charge in [0.15, 0.2) is 0 Å². The summed E-state index contributed by atoms with van der Waals surface area (Å²) in [5, 5.41) is 13.7. The Morgan fingerprint density at radius 2 is 2.14 bits per heavy atom. The average molecular weight is 298 g/mol. The van der Waals surface area contributed by atoms with E-state index < -0.39 is 18.3 Å². The highest BCUT2D eigenvalue weighted by molar-refractivity contribution is 5.81. The number of carboxylic acids is 1. The van der Waals surface area contributed by atoms with E-state index in [2.05, 4.69) is 5.32 Å². The SMILES string of the molecule is O=C(O)C1Nc2ccc(NC(F)(F)F)cc2C2C=CCC12. The summed E-state index contributed by atoms with van der Waals surface area (Å²) in [7, 11) is 0. The summed E-state index contributed by atoms with van der Waals surface area (Å²) in [5.74, 6) is -1.29. The molecule has 0 spiro atoms. The van der Waals surface area contributed by atoms with Gasteiger partial charge < -0.3 is 10.4 Å². The van der Waals surface area contributed by atoms with Crippen molar-refractivity contribution in [2.45, 2.75) is 24.7 Å². The molecule has 1 aromatic carbocycles. The highest BCUT2D eigenvalue weighted by atomic mass is 19.4. The first kappa shape index (κ1) is 13.8. The summed E-state index contributed by atoms with van der Waals surface area (Å²) in [6.45, 7) is 0. The molecule has 112 valence electrons. The van der Waals surface area contributed by atoms with E-state index in [1.165, 1.54) is 23.5 Å². The first-order chi connectivity index (χ1) is 9.85. The van der Waals surface area contributed by atoms with E-state index in [1.807, 2.05) is 12.2 Å². The van der Waals surface area contributed by atoms with Crippen LogP contribution in [0.15, 0.2) is 30.4 Å². The predicted octanol–water partition coefficient (Wildman–Crippen LogP) is 3.16. The monoisotopic (exact) mass is 298 g/mol. The normalized spacial score (nSPS) is 26.7. The number of benzene rings is 1. The molecule has 0 bridgehead atoms. The second-order valence-corrected chi connectivity index (χ2v) is 5.24. The molecule has 0 amide bonds. The van der Waals surface area contributed by atoms with Gasteiger partial charge in [-0.2, -0.15) is 13.2 Å². The van der Waals surface area contributed by atoms with E-state index in [0.717, 1.165) is 0 Å². The summed E-state index contributed by atoms with van der Waals surface area (Å²) in [5.41, 5.74) is 1.22. The fraction of sp³-hybridized carbons (Fsp3) is 0.357. The topological polar surface area (TPSA) is 61.4 Å². The average Bonchev–Trinajstić information content (AvgIpc) is 2.85. The summed E-state index contributed by atoms with van der Waals surface area (Å²) in [6.07, 6.45) is -0.139. The minimum absolute atomic E-state index is 0.0455. The predicted molar refractivity (Wildman–Crippen MR) is 71.2 cm³/mol. The van der Waals surface area contributed by atoms with Crippen molar-refractivity contribution in [3.8, 4) is 0 Å². The first-order valence-corrected chi connectivity index (χ1v) is 6.50. The first-order valence-electron chi connectivity index (χ1n) is 6.50. The Morgan fingerprint density at radius 3 is 2.81 bits per heavy atom. The van der Waals surface area contributed by atoms with Gasteiger partial charge >= 0.3 is 12.3 Å². The number of nitrogens with one attached hydrogen (secondary N) is 2. The van der Waals surface area contributed by atoms with Crippen molar-refractivity contribution in [2.24, 2.45) is 5.92 Å². The summed E-state index contributed by atoms with van der Waals surface area (Å²) in [4.78, 5) is 11.3. The molecule has 1 aromatic rings. The minimum atomic E-state index is -4.50. The fourth-order valence-electron chi connectivity index (χ4n) is 3.08. The molecule has 1 heterocycles. The number of anilines is 2. The Labute approximate surface area is 118 Å². The Kier molecular flexibility index (Phi) is 3.07. The largest absolute Gasteiger partial charge is 0.482 e. The molecule has 3 rings (SSSR count). The number of carboxylic acid groups (broad SMARTS) is 1. The van der Waals surface area contributed by atoms with E-state index >= 15 is 0 Å². The van der Waals surface area contributed by atoms with Crippen molar-refractivity contribution < 1.29 is 23.1 Å². The molecule has 0 aromatic heterocycles. The number of alkyl halides is 3. The lowest BCUT2D eigenvalue weighted by molar-refractivity contribution is -0.139. The number of hydrogen-bond acceptors (Lipinski definition) is 3. The smallest absolute Gasteiger partial charge is 0.480 e. The van der Waals surface area contributed by atoms with E-state index in [4.69, 9.17) is 0 Å². The third-order valence-corrected chi connectivity index (χ3v) is 3.91. The van der Waals surface area contributed by atoms with Crippen LogP contribution in [0.25, 0.3) is 0 Å². The highest BCUT2D eigenvalue weighted by Crippen LogP contribution is 2.45. The molecule has 3 atom stereocenters. The third kappa shape index (κ3) is 2.55. The molecule has 3 unspecified atom stereocenters. The Bertz CT molecular complexity index is 613. The van der Waals surface area contributed by atoms with Gasteiger partial charge in [0.1, 0.15) is 6.04 Å². The summed E-state index contributed by atoms with van der Waals surface area (Å²) in [6, 6.07) is 3.49. The standard InChI is InChI=1S/C14H13F3N2O2/c15-14(16,17)19-7-4-5-11-10(6-7)8-2-1-3-9(8)12(18-11)13(20)21/h1-2,4-6,8-9,12,18-19H,3H2,(H,20,21). The molecule has 7 heteroatoms. The number of fused-ring (bicyclic) bond motifs is 3. The van der Waals surface area contributed by atoms with Crippen LogP contribution in [0.3, 0.4) is 0 Å². The van der Waals surface area contributed by atoms with Crippen LogP contribution in [-0.2, 0) is 4.79 Å². The summed E-state index contributed by atoms with van der Waals surface area (Å²) < 4.78 is 37.2. The lowest BCUT2D eigenvalue weighted by Crippen LogP contribution is -2.41. The van der Waals surface area contributed by atoms with E-state index in [0.29, 0.717) is 17.7 Å². The van der Waals surface area contributed by atoms with Gasteiger partial charge in [-0.25, -0.2) is 4.79 Å². The minimum Gasteiger partial charge on any atom is -0.480 e. The lowest BCUT2D eigenvalue weighted by Gasteiger charge is -2.35. The number of aliphatic carboxylic acids is 1. The maximum absolute atomic E-state index is 12.4.